The van der Waals surface area contributed by atoms with Crippen LogP contribution >= 0.6 is 11.6 Å². The fraction of sp³-hybridized carbons (Fsp3) is 0.0556. The maximum Gasteiger partial charge on any atom is 0.271 e. The van der Waals surface area contributed by atoms with Gasteiger partial charge in [-0.25, -0.2) is 10.4 Å². The lowest BCUT2D eigenvalue weighted by Crippen LogP contribution is -2.17. The van der Waals surface area contributed by atoms with E-state index < -0.39 is 10.8 Å². The number of hydrogen-bond acceptors (Lipinski definition) is 5. The average molecular weight is 369 g/mol. The van der Waals surface area contributed by atoms with Gasteiger partial charge in [0.05, 0.1) is 16.7 Å². The second-order valence-electron chi connectivity index (χ2n) is 5.57. The van der Waals surface area contributed by atoms with E-state index in [-0.39, 0.29) is 16.4 Å². The van der Waals surface area contributed by atoms with Crippen molar-refractivity contribution in [1.82, 2.24) is 10.4 Å². The second kappa shape index (κ2) is 7.28. The number of amides is 1. The third kappa shape index (κ3) is 3.84. The Labute approximate surface area is 153 Å². The molecule has 26 heavy (non-hydrogen) atoms. The van der Waals surface area contributed by atoms with Crippen LogP contribution in [-0.4, -0.2) is 22.0 Å². The molecule has 1 heterocycles. The number of carbonyl (C=O) groups is 1. The topological polar surface area (TPSA) is 97.5 Å². The third-order valence-corrected chi connectivity index (χ3v) is 3.97. The van der Waals surface area contributed by atoms with Crippen LogP contribution in [0.25, 0.3) is 10.9 Å². The monoisotopic (exact) mass is 368 g/mol. The summed E-state index contributed by atoms with van der Waals surface area (Å²) in [4.78, 5) is 26.4. The highest BCUT2D eigenvalue weighted by molar-refractivity contribution is 6.32. The summed E-state index contributed by atoms with van der Waals surface area (Å²) in [7, 11) is 0. The SMILES string of the molecule is Cc1ccc2cc(/C=N\NC(=O)c3ccc([N+](=O)[O-])cc3)c(Cl)nc2c1. The Balaban J connectivity index is 1.74. The fourth-order valence-electron chi connectivity index (χ4n) is 2.32. The molecule has 0 saturated heterocycles. The van der Waals surface area contributed by atoms with Crippen molar-refractivity contribution in [1.29, 1.82) is 0 Å². The lowest BCUT2D eigenvalue weighted by atomic mass is 10.1. The summed E-state index contributed by atoms with van der Waals surface area (Å²) in [6, 6.07) is 12.9. The maximum absolute atomic E-state index is 12.0. The number of nitrogens with one attached hydrogen (secondary N) is 1. The van der Waals surface area contributed by atoms with Crippen LogP contribution < -0.4 is 5.43 Å². The second-order valence-corrected chi connectivity index (χ2v) is 5.93. The minimum absolute atomic E-state index is 0.0886. The highest BCUT2D eigenvalue weighted by Crippen LogP contribution is 2.20. The predicted molar refractivity (Wildman–Crippen MR) is 99.6 cm³/mol. The number of hydrogen-bond donors (Lipinski definition) is 1. The van der Waals surface area contributed by atoms with Gasteiger partial charge in [-0.05, 0) is 36.8 Å². The van der Waals surface area contributed by atoms with Gasteiger partial charge < -0.3 is 0 Å². The largest absolute Gasteiger partial charge is 0.271 e. The van der Waals surface area contributed by atoms with E-state index in [4.69, 9.17) is 11.6 Å². The molecule has 0 radical (unpaired) electrons. The first-order valence-corrected chi connectivity index (χ1v) is 7.96. The molecule has 1 aromatic heterocycles. The van der Waals surface area contributed by atoms with Gasteiger partial charge in [0.25, 0.3) is 11.6 Å². The zero-order valence-electron chi connectivity index (χ0n) is 13.6. The van der Waals surface area contributed by atoms with Gasteiger partial charge in [0, 0.05) is 28.6 Å². The summed E-state index contributed by atoms with van der Waals surface area (Å²) in [6.45, 7) is 1.97. The van der Waals surface area contributed by atoms with Crippen molar-refractivity contribution in [2.45, 2.75) is 6.92 Å². The number of aryl methyl sites for hydroxylation is 1. The summed E-state index contributed by atoms with van der Waals surface area (Å²) < 4.78 is 0. The van der Waals surface area contributed by atoms with E-state index in [1.807, 2.05) is 31.2 Å². The zero-order chi connectivity index (χ0) is 18.7. The number of halogens is 1. The van der Waals surface area contributed by atoms with Crippen LogP contribution in [-0.2, 0) is 0 Å². The van der Waals surface area contributed by atoms with Crippen LogP contribution in [0.1, 0.15) is 21.5 Å². The number of pyridine rings is 1. The molecule has 130 valence electrons. The number of non-ortho nitro benzene ring substituents is 1. The summed E-state index contributed by atoms with van der Waals surface area (Å²) in [5, 5.41) is 15.7. The summed E-state index contributed by atoms with van der Waals surface area (Å²) in [6.07, 6.45) is 1.40. The molecule has 0 aliphatic heterocycles. The molecule has 1 N–H and O–H groups in total. The fourth-order valence-corrected chi connectivity index (χ4v) is 2.51. The van der Waals surface area contributed by atoms with Crippen molar-refractivity contribution in [3.8, 4) is 0 Å². The predicted octanol–water partition coefficient (Wildman–Crippen LogP) is 3.87. The quantitative estimate of drug-likeness (QED) is 0.327. The Kier molecular flexibility index (Phi) is 4.90. The van der Waals surface area contributed by atoms with E-state index in [2.05, 4.69) is 15.5 Å². The molecular weight excluding hydrogens is 356 g/mol. The van der Waals surface area contributed by atoms with Crippen molar-refractivity contribution in [3.63, 3.8) is 0 Å². The van der Waals surface area contributed by atoms with Gasteiger partial charge in [0.1, 0.15) is 5.15 Å². The zero-order valence-corrected chi connectivity index (χ0v) is 14.4. The van der Waals surface area contributed by atoms with Crippen LogP contribution in [0.15, 0.2) is 53.6 Å². The average Bonchev–Trinajstić information content (AvgIpc) is 2.62. The van der Waals surface area contributed by atoms with Crippen LogP contribution in [0.5, 0.6) is 0 Å². The number of benzene rings is 2. The Hall–Kier alpha value is -3.32. The molecule has 7 nitrogen and oxygen atoms in total. The van der Waals surface area contributed by atoms with E-state index in [9.17, 15) is 14.9 Å². The Morgan fingerprint density at radius 1 is 1.23 bits per heavy atom. The molecular formula is C18H13ClN4O3. The standard InChI is InChI=1S/C18H13ClN4O3/c1-11-2-3-13-9-14(17(19)21-16(13)8-11)10-20-22-18(24)12-4-6-15(7-5-12)23(25)26/h2-10H,1H3,(H,22,24)/b20-10-. The molecule has 3 aromatic rings. The molecule has 0 spiro atoms. The molecule has 1 amide bonds. The van der Waals surface area contributed by atoms with Crippen LogP contribution in [0.3, 0.4) is 0 Å². The first-order chi connectivity index (χ1) is 12.4. The van der Waals surface area contributed by atoms with Gasteiger partial charge in [-0.1, -0.05) is 23.7 Å². The van der Waals surface area contributed by atoms with Gasteiger partial charge in [-0.15, -0.1) is 0 Å². The summed E-state index contributed by atoms with van der Waals surface area (Å²) >= 11 is 6.16. The number of carbonyl (C=O) groups excluding carboxylic acids is 1. The molecule has 0 atom stereocenters. The molecule has 8 heteroatoms. The van der Waals surface area contributed by atoms with Crippen molar-refractivity contribution in [2.75, 3.05) is 0 Å². The lowest BCUT2D eigenvalue weighted by Gasteiger charge is -2.03. The van der Waals surface area contributed by atoms with Crippen LogP contribution in [0.2, 0.25) is 5.15 Å². The number of nitro groups is 1. The van der Waals surface area contributed by atoms with Gasteiger partial charge in [0.15, 0.2) is 0 Å². The first-order valence-electron chi connectivity index (χ1n) is 7.59. The number of rotatable bonds is 4. The number of nitrogens with zero attached hydrogens (tertiary/aromatic N) is 3. The molecule has 2 aromatic carbocycles. The lowest BCUT2D eigenvalue weighted by molar-refractivity contribution is -0.384. The Bertz CT molecular complexity index is 1030. The van der Waals surface area contributed by atoms with E-state index in [0.29, 0.717) is 5.56 Å². The molecule has 3 rings (SSSR count). The smallest absolute Gasteiger partial charge is 0.267 e. The van der Waals surface area contributed by atoms with Crippen LogP contribution in [0, 0.1) is 17.0 Å². The van der Waals surface area contributed by atoms with Crippen LogP contribution in [0.4, 0.5) is 5.69 Å². The maximum atomic E-state index is 12.0. The summed E-state index contributed by atoms with van der Waals surface area (Å²) in [5.41, 5.74) is 4.94. The molecule has 0 saturated carbocycles. The van der Waals surface area contributed by atoms with E-state index in [1.165, 1.54) is 30.5 Å². The number of fused-ring (bicyclic) bond motifs is 1. The highest BCUT2D eigenvalue weighted by atomic mass is 35.5. The number of aromatic nitrogens is 1. The number of hydrazone groups is 1. The molecule has 0 fully saturated rings. The van der Waals surface area contributed by atoms with Crippen molar-refractivity contribution in [2.24, 2.45) is 5.10 Å². The molecule has 0 unspecified atom stereocenters. The minimum atomic E-state index is -0.532. The number of nitro benzene ring substituents is 1. The van der Waals surface area contributed by atoms with Crippen molar-refractivity contribution < 1.29 is 9.72 Å². The Morgan fingerprint density at radius 2 is 1.96 bits per heavy atom. The van der Waals surface area contributed by atoms with E-state index >= 15 is 0 Å². The normalized spacial score (nSPS) is 11.0. The summed E-state index contributed by atoms with van der Waals surface area (Å²) in [5.74, 6) is -0.489. The van der Waals surface area contributed by atoms with Crippen molar-refractivity contribution >= 4 is 40.3 Å². The molecule has 0 aliphatic rings. The van der Waals surface area contributed by atoms with E-state index in [0.717, 1.165) is 16.5 Å². The van der Waals surface area contributed by atoms with Crippen molar-refractivity contribution in [3.05, 3.63) is 80.5 Å². The van der Waals surface area contributed by atoms with Gasteiger partial charge in [-0.3, -0.25) is 14.9 Å². The van der Waals surface area contributed by atoms with Gasteiger partial charge in [0.2, 0.25) is 0 Å². The van der Waals surface area contributed by atoms with Gasteiger partial charge in [-0.2, -0.15) is 5.10 Å². The molecule has 0 aliphatic carbocycles. The van der Waals surface area contributed by atoms with Gasteiger partial charge >= 0.3 is 0 Å². The third-order valence-electron chi connectivity index (χ3n) is 3.66. The Morgan fingerprint density at radius 3 is 2.65 bits per heavy atom. The first kappa shape index (κ1) is 17.5. The minimum Gasteiger partial charge on any atom is -0.267 e. The molecule has 0 bridgehead atoms. The highest BCUT2D eigenvalue weighted by Gasteiger charge is 2.09. The van der Waals surface area contributed by atoms with E-state index in [1.54, 1.807) is 0 Å².